The lowest BCUT2D eigenvalue weighted by atomic mass is 9.96. The summed E-state index contributed by atoms with van der Waals surface area (Å²) in [5, 5.41) is 8.49. The molecule has 7 aromatic rings. The van der Waals surface area contributed by atoms with Crippen LogP contribution in [0.1, 0.15) is 0 Å². The minimum absolute atomic E-state index is 0.885. The van der Waals surface area contributed by atoms with Crippen molar-refractivity contribution in [3.05, 3.63) is 121 Å². The number of hydrogen-bond donors (Lipinski definition) is 0. The van der Waals surface area contributed by atoms with Gasteiger partial charge in [-0.1, -0.05) is 97.1 Å². The van der Waals surface area contributed by atoms with Gasteiger partial charge in [-0.15, -0.1) is 0 Å². The Bertz CT molecular complexity index is 1830. The first kappa shape index (κ1) is 19.0. The lowest BCUT2D eigenvalue weighted by molar-refractivity contribution is 1.29. The third-order valence-electron chi connectivity index (χ3n) is 6.68. The van der Waals surface area contributed by atoms with Crippen LogP contribution in [0.15, 0.2) is 121 Å². The number of hydrogen-bond acceptors (Lipinski definition) is 2. The zero-order valence-corrected chi connectivity index (χ0v) is 18.4. The van der Waals surface area contributed by atoms with Gasteiger partial charge in [0, 0.05) is 27.9 Å². The quantitative estimate of drug-likeness (QED) is 0.256. The average molecular weight is 433 g/mol. The molecule has 0 radical (unpaired) electrons. The van der Waals surface area contributed by atoms with Crippen LogP contribution < -0.4 is 0 Å². The average Bonchev–Trinajstić information content (AvgIpc) is 2.92. The van der Waals surface area contributed by atoms with Gasteiger partial charge in [0.2, 0.25) is 0 Å². The molecule has 5 aromatic carbocycles. The number of nitrogens with zero attached hydrogens (tertiary/aromatic N) is 2. The van der Waals surface area contributed by atoms with E-state index in [4.69, 9.17) is 9.97 Å². The van der Waals surface area contributed by atoms with Crippen molar-refractivity contribution in [1.29, 1.82) is 0 Å². The van der Waals surface area contributed by atoms with Crippen molar-refractivity contribution in [3.63, 3.8) is 0 Å². The van der Waals surface area contributed by atoms with Crippen LogP contribution in [0.2, 0.25) is 0 Å². The summed E-state index contributed by atoms with van der Waals surface area (Å²) in [7, 11) is 0. The zero-order chi connectivity index (χ0) is 22.5. The van der Waals surface area contributed by atoms with Gasteiger partial charge < -0.3 is 0 Å². The van der Waals surface area contributed by atoms with Gasteiger partial charge in [-0.25, -0.2) is 4.98 Å². The molecule has 0 unspecified atom stereocenters. The van der Waals surface area contributed by atoms with Crippen molar-refractivity contribution < 1.29 is 0 Å². The van der Waals surface area contributed by atoms with Crippen molar-refractivity contribution in [3.8, 4) is 22.5 Å². The van der Waals surface area contributed by atoms with Gasteiger partial charge >= 0.3 is 0 Å². The molecule has 2 aromatic heterocycles. The molecule has 0 N–H and O–H groups in total. The number of pyridine rings is 2. The highest BCUT2D eigenvalue weighted by atomic mass is 14.8. The smallest absolute Gasteiger partial charge is 0.0972 e. The van der Waals surface area contributed by atoms with Crippen molar-refractivity contribution >= 4 is 43.2 Å². The maximum absolute atomic E-state index is 5.06. The summed E-state index contributed by atoms with van der Waals surface area (Å²) < 4.78 is 0. The summed E-state index contributed by atoms with van der Waals surface area (Å²) in [6.07, 6.45) is 1.96. The largest absolute Gasteiger partial charge is 0.254 e. The maximum Gasteiger partial charge on any atom is 0.0972 e. The number of fused-ring (bicyclic) bond motifs is 6. The molecule has 0 amide bonds. The minimum atomic E-state index is 0.885. The van der Waals surface area contributed by atoms with Crippen LogP contribution in [0.3, 0.4) is 0 Å². The fraction of sp³-hybridized carbons (Fsp3) is 0. The molecular weight excluding hydrogens is 412 g/mol. The number of aromatic nitrogens is 2. The first-order valence-corrected chi connectivity index (χ1v) is 11.5. The molecule has 0 aliphatic carbocycles. The lowest BCUT2D eigenvalue weighted by Crippen LogP contribution is -1.93. The number of rotatable bonds is 2. The first-order chi connectivity index (χ1) is 16.8. The molecule has 158 valence electrons. The topological polar surface area (TPSA) is 25.8 Å². The standard InChI is InChI=1S/C32H20N2/c1-2-9-23-19-24(14-13-21(23)7-1)25-16-18-30(33-20-25)32-28-17-15-22-8-3-4-10-26(22)31(28)27-11-5-6-12-29(27)34-32/h1-20H. The minimum Gasteiger partial charge on any atom is -0.254 e. The predicted octanol–water partition coefficient (Wildman–Crippen LogP) is 8.42. The second kappa shape index (κ2) is 7.50. The molecule has 2 nitrogen and oxygen atoms in total. The van der Waals surface area contributed by atoms with Crippen LogP contribution in [0.4, 0.5) is 0 Å². The molecule has 0 bridgehead atoms. The van der Waals surface area contributed by atoms with Crippen LogP contribution in [0, 0.1) is 0 Å². The Hall–Kier alpha value is -4.56. The van der Waals surface area contributed by atoms with Crippen LogP contribution in [0.25, 0.3) is 65.7 Å². The Morgan fingerprint density at radius 1 is 0.471 bits per heavy atom. The second-order valence-electron chi connectivity index (χ2n) is 8.68. The Kier molecular flexibility index (Phi) is 4.18. The molecule has 2 heterocycles. The lowest BCUT2D eigenvalue weighted by Gasteiger charge is -2.12. The molecule has 7 rings (SSSR count). The van der Waals surface area contributed by atoms with Gasteiger partial charge in [0.25, 0.3) is 0 Å². The van der Waals surface area contributed by atoms with Gasteiger partial charge in [0.1, 0.15) is 0 Å². The molecular formula is C32H20N2. The van der Waals surface area contributed by atoms with E-state index in [1.165, 1.54) is 37.9 Å². The highest BCUT2D eigenvalue weighted by Crippen LogP contribution is 2.36. The van der Waals surface area contributed by atoms with Crippen molar-refractivity contribution in [2.75, 3.05) is 0 Å². The van der Waals surface area contributed by atoms with Gasteiger partial charge in [0.15, 0.2) is 0 Å². The van der Waals surface area contributed by atoms with E-state index >= 15 is 0 Å². The summed E-state index contributed by atoms with van der Waals surface area (Å²) in [5.41, 5.74) is 5.06. The van der Waals surface area contributed by atoms with E-state index in [9.17, 15) is 0 Å². The predicted molar refractivity (Wildman–Crippen MR) is 143 cm³/mol. The third-order valence-corrected chi connectivity index (χ3v) is 6.68. The Labute approximate surface area is 197 Å². The van der Waals surface area contributed by atoms with Crippen molar-refractivity contribution in [2.24, 2.45) is 0 Å². The number of benzene rings is 5. The molecule has 34 heavy (non-hydrogen) atoms. The summed E-state index contributed by atoms with van der Waals surface area (Å²) in [6.45, 7) is 0. The number of para-hydroxylation sites is 1. The second-order valence-corrected chi connectivity index (χ2v) is 8.68. The first-order valence-electron chi connectivity index (χ1n) is 11.5. The summed E-state index contributed by atoms with van der Waals surface area (Å²) in [4.78, 5) is 9.94. The highest BCUT2D eigenvalue weighted by Gasteiger charge is 2.14. The molecule has 0 fully saturated rings. The van der Waals surface area contributed by atoms with Crippen LogP contribution >= 0.6 is 0 Å². The Morgan fingerprint density at radius 2 is 1.18 bits per heavy atom. The van der Waals surface area contributed by atoms with E-state index in [0.29, 0.717) is 0 Å². The maximum atomic E-state index is 5.06. The van der Waals surface area contributed by atoms with Crippen molar-refractivity contribution in [2.45, 2.75) is 0 Å². The van der Waals surface area contributed by atoms with Gasteiger partial charge in [-0.2, -0.15) is 0 Å². The van der Waals surface area contributed by atoms with E-state index in [-0.39, 0.29) is 0 Å². The van der Waals surface area contributed by atoms with E-state index in [1.54, 1.807) is 0 Å². The van der Waals surface area contributed by atoms with Crippen LogP contribution in [0.5, 0.6) is 0 Å². The van der Waals surface area contributed by atoms with Crippen LogP contribution in [-0.4, -0.2) is 9.97 Å². The van der Waals surface area contributed by atoms with E-state index < -0.39 is 0 Å². The molecule has 0 saturated carbocycles. The monoisotopic (exact) mass is 432 g/mol. The fourth-order valence-corrected chi connectivity index (χ4v) is 4.99. The van der Waals surface area contributed by atoms with Crippen molar-refractivity contribution in [1.82, 2.24) is 9.97 Å². The van der Waals surface area contributed by atoms with Crippen LogP contribution in [-0.2, 0) is 0 Å². The SMILES string of the molecule is c1ccc2cc(-c3ccc(-c4nc5ccccc5c5c4ccc4ccccc45)nc3)ccc2c1. The summed E-state index contributed by atoms with van der Waals surface area (Å²) >= 11 is 0. The van der Waals surface area contributed by atoms with E-state index in [1.807, 2.05) is 12.3 Å². The summed E-state index contributed by atoms with van der Waals surface area (Å²) in [6, 6.07) is 40.5. The molecule has 0 aliphatic heterocycles. The molecule has 0 atom stereocenters. The molecule has 0 saturated heterocycles. The summed E-state index contributed by atoms with van der Waals surface area (Å²) in [5.74, 6) is 0. The Morgan fingerprint density at radius 3 is 2.03 bits per heavy atom. The molecule has 0 aliphatic rings. The Balaban J connectivity index is 1.43. The highest BCUT2D eigenvalue weighted by molar-refractivity contribution is 6.22. The van der Waals surface area contributed by atoms with Gasteiger partial charge in [0.05, 0.1) is 16.9 Å². The van der Waals surface area contributed by atoms with Gasteiger partial charge in [-0.05, 0) is 45.3 Å². The zero-order valence-electron chi connectivity index (χ0n) is 18.4. The third kappa shape index (κ3) is 2.96. The molecule has 0 spiro atoms. The fourth-order valence-electron chi connectivity index (χ4n) is 4.99. The van der Waals surface area contributed by atoms with E-state index in [2.05, 4.69) is 109 Å². The normalized spacial score (nSPS) is 11.5. The van der Waals surface area contributed by atoms with Gasteiger partial charge in [-0.3, -0.25) is 4.98 Å². The van der Waals surface area contributed by atoms with E-state index in [0.717, 1.165) is 27.9 Å². The molecule has 2 heteroatoms.